The molecule has 3 aliphatic carbocycles. The fourth-order valence-electron chi connectivity index (χ4n) is 6.44. The first-order valence-electron chi connectivity index (χ1n) is 17.0. The Morgan fingerprint density at radius 1 is 0.652 bits per heavy atom. The molecule has 1 aromatic rings. The van der Waals surface area contributed by atoms with Gasteiger partial charge in [-0.05, 0) is 123 Å². The van der Waals surface area contributed by atoms with Gasteiger partial charge in [-0.1, -0.05) is 30.3 Å². The molecule has 0 bridgehead atoms. The van der Waals surface area contributed by atoms with Crippen LogP contribution in [-0.4, -0.2) is 60.5 Å². The first kappa shape index (κ1) is 38.4. The Balaban J connectivity index is 0.000000289. The molecule has 3 saturated carbocycles. The molecule has 0 spiro atoms. The lowest BCUT2D eigenvalue weighted by Crippen LogP contribution is -2.35. The number of carbonyl (C=O) groups is 3. The summed E-state index contributed by atoms with van der Waals surface area (Å²) in [5.41, 5.74) is 0.947. The number of rotatable bonds is 11. The topological polar surface area (TPSA) is 140 Å². The quantitative estimate of drug-likeness (QED) is 0.269. The smallest absolute Gasteiger partial charge is 0.306 e. The van der Waals surface area contributed by atoms with E-state index in [0.29, 0.717) is 25.7 Å². The van der Waals surface area contributed by atoms with E-state index in [1.807, 2.05) is 30.3 Å². The van der Waals surface area contributed by atoms with Crippen molar-refractivity contribution in [2.45, 2.75) is 128 Å². The second-order valence-electron chi connectivity index (χ2n) is 15.9. The summed E-state index contributed by atoms with van der Waals surface area (Å²) in [4.78, 5) is 36.6. The van der Waals surface area contributed by atoms with Crippen LogP contribution in [0.5, 0.6) is 0 Å². The van der Waals surface area contributed by atoms with Crippen molar-refractivity contribution in [3.63, 3.8) is 0 Å². The van der Waals surface area contributed by atoms with Crippen molar-refractivity contribution < 1.29 is 36.3 Å². The van der Waals surface area contributed by atoms with Crippen LogP contribution in [0.4, 0.5) is 0 Å². The molecule has 1 atom stereocenters. The highest BCUT2D eigenvalue weighted by atomic mass is 32.2. The molecule has 0 amide bonds. The number of carbonyl (C=O) groups excluding carboxylic acids is 2. The van der Waals surface area contributed by atoms with Gasteiger partial charge in [-0.15, -0.1) is 0 Å². The average Bonchev–Trinajstić information content (AvgIpc) is 3.81. The Morgan fingerprint density at radius 2 is 1.04 bits per heavy atom. The molecule has 1 aromatic carbocycles. The van der Waals surface area contributed by atoms with Gasteiger partial charge in [0, 0.05) is 24.2 Å². The number of Topliss-reactive ketones (excluding diaryl/α,β-unsaturated/α-hetero) is 2. The van der Waals surface area contributed by atoms with Gasteiger partial charge in [0.2, 0.25) is 0 Å². The molecule has 0 heterocycles. The van der Waals surface area contributed by atoms with Gasteiger partial charge in [0.25, 0.3) is 0 Å². The summed E-state index contributed by atoms with van der Waals surface area (Å²) in [7, 11) is -6.22. The zero-order chi connectivity index (χ0) is 34.5. The van der Waals surface area contributed by atoms with Crippen LogP contribution in [0.3, 0.4) is 0 Å². The zero-order valence-corrected chi connectivity index (χ0v) is 30.3. The van der Waals surface area contributed by atoms with Gasteiger partial charge in [0.1, 0.15) is 11.6 Å². The molecule has 10 heteroatoms. The van der Waals surface area contributed by atoms with Crippen LogP contribution in [0, 0.1) is 29.6 Å². The minimum atomic E-state index is -3.13. The fourth-order valence-corrected chi connectivity index (χ4v) is 9.34. The van der Waals surface area contributed by atoms with Crippen molar-refractivity contribution >= 4 is 37.2 Å². The summed E-state index contributed by atoms with van der Waals surface area (Å²) in [6, 6.07) is 9.68. The maximum atomic E-state index is 13.0. The van der Waals surface area contributed by atoms with Crippen LogP contribution in [0.25, 0.3) is 0 Å². The molecule has 4 rings (SSSR count). The predicted octanol–water partition coefficient (Wildman–Crippen LogP) is 6.82. The zero-order valence-electron chi connectivity index (χ0n) is 28.7. The summed E-state index contributed by atoms with van der Waals surface area (Å²) in [5.74, 6) is -0.183. The molecule has 8 nitrogen and oxygen atoms in total. The first-order valence-corrected chi connectivity index (χ1v) is 20.3. The second kappa shape index (κ2) is 15.4. The van der Waals surface area contributed by atoms with Crippen molar-refractivity contribution in [1.29, 1.82) is 0 Å². The van der Waals surface area contributed by atoms with Gasteiger partial charge in [0.05, 0.1) is 26.9 Å². The van der Waals surface area contributed by atoms with Crippen molar-refractivity contribution in [3.8, 4) is 0 Å². The number of hydrogen-bond donors (Lipinski definition) is 1. The van der Waals surface area contributed by atoms with Crippen molar-refractivity contribution in [2.75, 3.05) is 11.5 Å². The van der Waals surface area contributed by atoms with E-state index < -0.39 is 35.1 Å². The Kier molecular flexibility index (Phi) is 12.9. The number of aliphatic carboxylic acids is 1. The number of sulfone groups is 2. The lowest BCUT2D eigenvalue weighted by atomic mass is 9.77. The van der Waals surface area contributed by atoms with Gasteiger partial charge in [-0.2, -0.15) is 0 Å². The van der Waals surface area contributed by atoms with E-state index in [0.717, 1.165) is 44.1 Å². The van der Waals surface area contributed by atoms with Gasteiger partial charge in [-0.3, -0.25) is 14.4 Å². The summed E-state index contributed by atoms with van der Waals surface area (Å²) in [6.45, 7) is 10.4. The molecule has 0 aliphatic heterocycles. The van der Waals surface area contributed by atoms with Gasteiger partial charge >= 0.3 is 5.97 Å². The molecule has 0 saturated heterocycles. The largest absolute Gasteiger partial charge is 0.481 e. The summed E-state index contributed by atoms with van der Waals surface area (Å²) in [5, 5.41) is 8.87. The molecule has 0 radical (unpaired) electrons. The Hall–Kier alpha value is -2.07. The third-order valence-corrected chi connectivity index (χ3v) is 15.8. The van der Waals surface area contributed by atoms with E-state index in [1.165, 1.54) is 0 Å². The van der Waals surface area contributed by atoms with Crippen LogP contribution >= 0.6 is 0 Å². The standard InChI is InChI=1S/C24H34O4S.C12H22O4S/c1-24(2,3)29(27,28)16-17-9-11-19(12-10-17)22(25)15-21(23(26)20-13-14-20)18-7-5-4-6-8-18;1-12(2,3)17(15,16)8-9-4-6-10(7-5-9)11(13)14/h4-8,17,19-21H,9-16H2,1-3H3;9-10H,4-8H2,1-3H3,(H,13,14)/t17?,19?,21-;/m1./s1. The highest BCUT2D eigenvalue weighted by molar-refractivity contribution is 7.93. The van der Waals surface area contributed by atoms with Gasteiger partial charge in [-0.25, -0.2) is 16.8 Å². The molecular weight excluding hydrogens is 625 g/mol. The Morgan fingerprint density at radius 3 is 1.41 bits per heavy atom. The summed E-state index contributed by atoms with van der Waals surface area (Å²) < 4.78 is 47.6. The number of carboxylic acids is 1. The van der Waals surface area contributed by atoms with E-state index >= 15 is 0 Å². The van der Waals surface area contributed by atoms with Crippen LogP contribution in [0.15, 0.2) is 30.3 Å². The van der Waals surface area contributed by atoms with Gasteiger partial charge < -0.3 is 5.11 Å². The molecular formula is C36H56O8S2. The minimum Gasteiger partial charge on any atom is -0.481 e. The highest BCUT2D eigenvalue weighted by Crippen LogP contribution is 2.39. The number of carboxylic acid groups (broad SMARTS) is 1. The van der Waals surface area contributed by atoms with Gasteiger partial charge in [0.15, 0.2) is 19.7 Å². The van der Waals surface area contributed by atoms with E-state index in [2.05, 4.69) is 0 Å². The molecule has 3 fully saturated rings. The van der Waals surface area contributed by atoms with Crippen LogP contribution in [-0.2, 0) is 34.1 Å². The number of hydrogen-bond acceptors (Lipinski definition) is 7. The molecule has 3 aliphatic rings. The molecule has 260 valence electrons. The van der Waals surface area contributed by atoms with Crippen molar-refractivity contribution in [3.05, 3.63) is 35.9 Å². The van der Waals surface area contributed by atoms with E-state index in [4.69, 9.17) is 5.11 Å². The second-order valence-corrected chi connectivity index (χ2v) is 21.4. The number of benzene rings is 1. The predicted molar refractivity (Wildman–Crippen MR) is 182 cm³/mol. The highest BCUT2D eigenvalue weighted by Gasteiger charge is 2.39. The normalized spacial score (nSPS) is 25.1. The minimum absolute atomic E-state index is 0.0400. The Labute approximate surface area is 277 Å². The molecule has 1 N–H and O–H groups in total. The van der Waals surface area contributed by atoms with Crippen molar-refractivity contribution in [2.24, 2.45) is 29.6 Å². The fraction of sp³-hybridized carbons (Fsp3) is 0.750. The van der Waals surface area contributed by atoms with E-state index in [-0.39, 0.29) is 65.0 Å². The van der Waals surface area contributed by atoms with Crippen LogP contribution in [0.2, 0.25) is 0 Å². The monoisotopic (exact) mass is 680 g/mol. The maximum Gasteiger partial charge on any atom is 0.306 e. The first-order chi connectivity index (χ1) is 21.2. The van der Waals surface area contributed by atoms with E-state index in [9.17, 15) is 31.2 Å². The average molecular weight is 681 g/mol. The van der Waals surface area contributed by atoms with Crippen LogP contribution < -0.4 is 0 Å². The summed E-state index contributed by atoms with van der Waals surface area (Å²) in [6.07, 6.45) is 7.86. The van der Waals surface area contributed by atoms with Crippen molar-refractivity contribution in [1.82, 2.24) is 0 Å². The third-order valence-electron chi connectivity index (χ3n) is 10.2. The lowest BCUT2D eigenvalue weighted by Gasteiger charge is -2.30. The Bertz CT molecular complexity index is 1400. The molecule has 46 heavy (non-hydrogen) atoms. The lowest BCUT2D eigenvalue weighted by molar-refractivity contribution is -0.143. The van der Waals surface area contributed by atoms with E-state index in [1.54, 1.807) is 41.5 Å². The summed E-state index contributed by atoms with van der Waals surface area (Å²) >= 11 is 0. The third kappa shape index (κ3) is 10.7. The number of ketones is 2. The van der Waals surface area contributed by atoms with Crippen LogP contribution in [0.1, 0.15) is 124 Å². The molecule has 0 unspecified atom stereocenters. The maximum absolute atomic E-state index is 13.0. The molecule has 0 aromatic heterocycles. The SMILES string of the molecule is CC(C)(C)S(=O)(=O)CC1CCC(C(=O)C[C@@H](C(=O)C2CC2)c2ccccc2)CC1.CC(C)(C)S(=O)(=O)CC1CCC(C(=O)O)CC1.